The minimum atomic E-state index is -0.727. The Hall–Kier alpha value is -0.610. The number of hydrogen-bond acceptors (Lipinski definition) is 3. The average molecular weight is 282 g/mol. The number of nitrogens with one attached hydrogen (secondary N) is 1. The Morgan fingerprint density at radius 2 is 2.00 bits per heavy atom. The Labute approximate surface area is 122 Å². The van der Waals surface area contributed by atoms with Crippen molar-refractivity contribution in [2.45, 2.75) is 70.4 Å². The number of unbranched alkanes of at least 4 members (excludes halogenated alkanes) is 1. The van der Waals surface area contributed by atoms with Gasteiger partial charge < -0.3 is 10.0 Å². The van der Waals surface area contributed by atoms with Crippen LogP contribution in [0, 0.1) is 5.92 Å². The molecule has 0 amide bonds. The molecule has 0 saturated heterocycles. The van der Waals surface area contributed by atoms with Gasteiger partial charge in [0.25, 0.3) is 0 Å². The molecular weight excluding hydrogens is 252 g/mol. The Bertz CT molecular complexity index is 326. The first-order valence-corrected chi connectivity index (χ1v) is 8.27. The van der Waals surface area contributed by atoms with Crippen molar-refractivity contribution in [3.8, 4) is 0 Å². The second-order valence-corrected chi connectivity index (χ2v) is 6.85. The summed E-state index contributed by atoms with van der Waals surface area (Å²) in [5.41, 5.74) is -0.727. The fourth-order valence-electron chi connectivity index (χ4n) is 2.78. The Morgan fingerprint density at radius 3 is 2.50 bits per heavy atom. The van der Waals surface area contributed by atoms with Crippen molar-refractivity contribution in [2.75, 3.05) is 19.6 Å². The zero-order valence-corrected chi connectivity index (χ0v) is 13.0. The first-order valence-electron chi connectivity index (χ1n) is 8.27. The van der Waals surface area contributed by atoms with Gasteiger partial charge in [-0.3, -0.25) is 10.1 Å². The molecule has 4 heteroatoms. The average Bonchev–Trinajstić information content (AvgIpc) is 3.28. The predicted octanol–water partition coefficient (Wildman–Crippen LogP) is 2.48. The van der Waals surface area contributed by atoms with Crippen LogP contribution in [0.1, 0.15) is 58.8 Å². The van der Waals surface area contributed by atoms with E-state index in [0.717, 1.165) is 51.1 Å². The van der Waals surface area contributed by atoms with E-state index in [1.54, 1.807) is 0 Å². The second kappa shape index (κ2) is 6.90. The van der Waals surface area contributed by atoms with E-state index in [1.807, 2.05) is 6.92 Å². The van der Waals surface area contributed by atoms with Crippen molar-refractivity contribution >= 4 is 5.97 Å². The minimum absolute atomic E-state index is 0.443. The first kappa shape index (κ1) is 15.8. The van der Waals surface area contributed by atoms with E-state index in [2.05, 4.69) is 17.1 Å². The normalized spacial score (nSPS) is 21.9. The molecule has 2 N–H and O–H groups in total. The van der Waals surface area contributed by atoms with Crippen LogP contribution in [0.25, 0.3) is 0 Å². The van der Waals surface area contributed by atoms with E-state index in [4.69, 9.17) is 0 Å². The third-order valence-corrected chi connectivity index (χ3v) is 4.63. The zero-order valence-electron chi connectivity index (χ0n) is 13.0. The maximum atomic E-state index is 11.4. The maximum Gasteiger partial charge on any atom is 0.323 e. The number of rotatable bonds is 11. The first-order chi connectivity index (χ1) is 9.53. The zero-order chi connectivity index (χ0) is 14.6. The van der Waals surface area contributed by atoms with Crippen LogP contribution in [0.4, 0.5) is 0 Å². The van der Waals surface area contributed by atoms with E-state index in [0.29, 0.717) is 6.04 Å². The molecule has 0 radical (unpaired) electrons. The van der Waals surface area contributed by atoms with Crippen LogP contribution in [0.3, 0.4) is 0 Å². The highest BCUT2D eigenvalue weighted by molar-refractivity contribution is 5.78. The van der Waals surface area contributed by atoms with Gasteiger partial charge in [-0.1, -0.05) is 6.92 Å². The van der Waals surface area contributed by atoms with Gasteiger partial charge in [-0.25, -0.2) is 0 Å². The summed E-state index contributed by atoms with van der Waals surface area (Å²) in [7, 11) is 0. The second-order valence-electron chi connectivity index (χ2n) is 6.85. The summed E-state index contributed by atoms with van der Waals surface area (Å²) in [4.78, 5) is 14.0. The summed E-state index contributed by atoms with van der Waals surface area (Å²) in [5, 5.41) is 12.7. The van der Waals surface area contributed by atoms with Crippen LogP contribution in [-0.4, -0.2) is 47.2 Å². The van der Waals surface area contributed by atoms with Crippen molar-refractivity contribution in [3.05, 3.63) is 0 Å². The molecule has 0 aliphatic heterocycles. The molecule has 116 valence electrons. The van der Waals surface area contributed by atoms with Crippen LogP contribution >= 0.6 is 0 Å². The molecule has 1 atom stereocenters. The fourth-order valence-corrected chi connectivity index (χ4v) is 2.78. The monoisotopic (exact) mass is 282 g/mol. The standard InChI is InChI=1S/C16H30N2O2/c1-3-18(12-13-6-7-13)11-5-4-10-16(2,15(19)20)17-14-8-9-14/h13-14,17H,3-12H2,1-2H3,(H,19,20). The molecule has 4 nitrogen and oxygen atoms in total. The van der Waals surface area contributed by atoms with Gasteiger partial charge in [-0.2, -0.15) is 0 Å². The summed E-state index contributed by atoms with van der Waals surface area (Å²) >= 11 is 0. The summed E-state index contributed by atoms with van der Waals surface area (Å²) in [6, 6.07) is 0.443. The number of hydrogen-bond donors (Lipinski definition) is 2. The number of aliphatic carboxylic acids is 1. The third kappa shape index (κ3) is 5.06. The van der Waals surface area contributed by atoms with Crippen molar-refractivity contribution < 1.29 is 9.90 Å². The minimum Gasteiger partial charge on any atom is -0.480 e. The van der Waals surface area contributed by atoms with Gasteiger partial charge in [-0.15, -0.1) is 0 Å². The highest BCUT2D eigenvalue weighted by Gasteiger charge is 2.37. The van der Waals surface area contributed by atoms with Crippen LogP contribution < -0.4 is 5.32 Å². The van der Waals surface area contributed by atoms with E-state index in [-0.39, 0.29) is 0 Å². The van der Waals surface area contributed by atoms with Gasteiger partial charge in [0.2, 0.25) is 0 Å². The largest absolute Gasteiger partial charge is 0.480 e. The van der Waals surface area contributed by atoms with Gasteiger partial charge in [0, 0.05) is 12.6 Å². The molecule has 1 unspecified atom stereocenters. The smallest absolute Gasteiger partial charge is 0.323 e. The molecule has 0 aromatic heterocycles. The lowest BCUT2D eigenvalue weighted by Crippen LogP contribution is -2.50. The van der Waals surface area contributed by atoms with Crippen LogP contribution in [0.15, 0.2) is 0 Å². The van der Waals surface area contributed by atoms with Crippen LogP contribution in [0.2, 0.25) is 0 Å². The van der Waals surface area contributed by atoms with Crippen LogP contribution in [0.5, 0.6) is 0 Å². The number of carboxylic acid groups (broad SMARTS) is 1. The summed E-state index contributed by atoms with van der Waals surface area (Å²) in [6.45, 7) is 7.54. The van der Waals surface area contributed by atoms with Crippen molar-refractivity contribution in [1.29, 1.82) is 0 Å². The van der Waals surface area contributed by atoms with Gasteiger partial charge in [0.1, 0.15) is 5.54 Å². The van der Waals surface area contributed by atoms with E-state index < -0.39 is 11.5 Å². The highest BCUT2D eigenvalue weighted by Crippen LogP contribution is 2.30. The lowest BCUT2D eigenvalue weighted by atomic mass is 9.94. The van der Waals surface area contributed by atoms with Crippen LogP contribution in [-0.2, 0) is 4.79 Å². The maximum absolute atomic E-state index is 11.4. The summed E-state index contributed by atoms with van der Waals surface area (Å²) in [6.07, 6.45) is 7.90. The molecule has 2 aliphatic rings. The SMILES string of the molecule is CCN(CCCCC(C)(NC1CC1)C(=O)O)CC1CC1. The highest BCUT2D eigenvalue weighted by atomic mass is 16.4. The predicted molar refractivity (Wildman–Crippen MR) is 80.9 cm³/mol. The molecule has 2 fully saturated rings. The topological polar surface area (TPSA) is 52.6 Å². The van der Waals surface area contributed by atoms with E-state index >= 15 is 0 Å². The van der Waals surface area contributed by atoms with Gasteiger partial charge in [-0.05, 0) is 70.9 Å². The number of carbonyl (C=O) groups is 1. The lowest BCUT2D eigenvalue weighted by molar-refractivity contribution is -0.144. The third-order valence-electron chi connectivity index (χ3n) is 4.63. The molecule has 0 aromatic rings. The Morgan fingerprint density at radius 1 is 1.30 bits per heavy atom. The van der Waals surface area contributed by atoms with E-state index in [9.17, 15) is 9.90 Å². The van der Waals surface area contributed by atoms with Crippen molar-refractivity contribution in [3.63, 3.8) is 0 Å². The van der Waals surface area contributed by atoms with Gasteiger partial charge in [0.15, 0.2) is 0 Å². The molecule has 0 bridgehead atoms. The summed E-state index contributed by atoms with van der Waals surface area (Å²) < 4.78 is 0. The van der Waals surface area contributed by atoms with E-state index in [1.165, 1.54) is 19.4 Å². The number of nitrogens with zero attached hydrogens (tertiary/aromatic N) is 1. The molecule has 0 aromatic carbocycles. The van der Waals surface area contributed by atoms with Gasteiger partial charge >= 0.3 is 5.97 Å². The molecule has 0 spiro atoms. The lowest BCUT2D eigenvalue weighted by Gasteiger charge is -2.27. The molecule has 20 heavy (non-hydrogen) atoms. The molecule has 2 aliphatic carbocycles. The van der Waals surface area contributed by atoms with Gasteiger partial charge in [0.05, 0.1) is 0 Å². The van der Waals surface area contributed by atoms with Crippen molar-refractivity contribution in [1.82, 2.24) is 10.2 Å². The Balaban J connectivity index is 1.65. The molecule has 0 heterocycles. The fraction of sp³-hybridized carbons (Fsp3) is 0.938. The molecular formula is C16H30N2O2. The quantitative estimate of drug-likeness (QED) is 0.572. The Kier molecular flexibility index (Phi) is 5.44. The van der Waals surface area contributed by atoms with Crippen molar-refractivity contribution in [2.24, 2.45) is 5.92 Å². The molecule has 2 saturated carbocycles. The summed E-state index contributed by atoms with van der Waals surface area (Å²) in [5.74, 6) is 0.241. The number of carboxylic acids is 1. The molecule has 2 rings (SSSR count).